The van der Waals surface area contributed by atoms with E-state index in [1.54, 1.807) is 52.0 Å². The molecule has 2 fully saturated rings. The molecule has 17 heteroatoms. The molecule has 18 atom stereocenters. The van der Waals surface area contributed by atoms with Crippen molar-refractivity contribution in [2.75, 3.05) is 14.2 Å². The van der Waals surface area contributed by atoms with Gasteiger partial charge in [0, 0.05) is 63.4 Å². The second-order valence-electron chi connectivity index (χ2n) is 18.7. The van der Waals surface area contributed by atoms with E-state index < -0.39 is 115 Å². The van der Waals surface area contributed by atoms with Crippen molar-refractivity contribution in [3.8, 4) is 0 Å². The van der Waals surface area contributed by atoms with Crippen LogP contribution in [0.4, 0.5) is 4.79 Å². The first-order chi connectivity index (χ1) is 31.4. The van der Waals surface area contributed by atoms with E-state index in [1.165, 1.54) is 34.1 Å². The number of allylic oxidation sites excluding steroid dienone is 6. The Hall–Kier alpha value is -4.10. The lowest BCUT2D eigenvalue weighted by molar-refractivity contribution is -0.339. The largest absolute Gasteiger partial charge is 0.490 e. The minimum atomic E-state index is -2.02. The van der Waals surface area contributed by atoms with E-state index in [0.29, 0.717) is 18.4 Å². The summed E-state index contributed by atoms with van der Waals surface area (Å²) in [6.45, 7) is 20.7. The Balaban J connectivity index is 2.05. The van der Waals surface area contributed by atoms with Gasteiger partial charge in [-0.2, -0.15) is 0 Å². The average molecular weight is 950 g/mol. The molecule has 3 rings (SSSR count). The van der Waals surface area contributed by atoms with Crippen molar-refractivity contribution in [1.82, 2.24) is 0 Å². The summed E-state index contributed by atoms with van der Waals surface area (Å²) < 4.78 is 53.3. The predicted octanol–water partition coefficient (Wildman–Crippen LogP) is 6.13. The molecule has 0 aromatic rings. The summed E-state index contributed by atoms with van der Waals surface area (Å²) in [5, 5.41) is 36.4. The Labute approximate surface area is 397 Å². The number of aliphatic hydroxyl groups is 3. The van der Waals surface area contributed by atoms with Crippen LogP contribution in [0, 0.1) is 35.5 Å². The third-order valence-electron chi connectivity index (χ3n) is 13.3. The molecule has 0 aliphatic carbocycles. The number of carbonyl (C=O) groups is 4. The first kappa shape index (κ1) is 57.2. The molecular weight excluding hydrogens is 871 g/mol. The molecule has 0 radical (unpaired) electrons. The zero-order valence-corrected chi connectivity index (χ0v) is 41.9. The molecule has 0 saturated carbocycles. The van der Waals surface area contributed by atoms with Crippen molar-refractivity contribution < 1.29 is 77.1 Å². The number of hydrogen-bond acceptors (Lipinski definition) is 16. The minimum absolute atomic E-state index is 0.0110. The first-order valence-corrected chi connectivity index (χ1v) is 23.4. The van der Waals surface area contributed by atoms with Gasteiger partial charge in [-0.15, -0.1) is 0 Å². The first-order valence-electron chi connectivity index (χ1n) is 23.4. The van der Waals surface area contributed by atoms with Gasteiger partial charge in [-0.1, -0.05) is 89.1 Å². The van der Waals surface area contributed by atoms with E-state index in [0.717, 1.165) is 5.57 Å². The number of ether oxygens (including phenoxy) is 9. The molecule has 17 nitrogen and oxygen atoms in total. The number of nitrogens with two attached hydrogens (primary N) is 1. The normalized spacial score (nSPS) is 39.2. The molecule has 0 unspecified atom stereocenters. The standard InChI is InChI=1S/C50H79NO16/c1-15-18-37-30(7)41(64-42-24-39(62-34(11)52)47(33(10)61-42)66-49(51)57)25-50(58,67-37)32(9)44(55)31(8)46-38(59-13)20-17-19-26(3)21-29(6)45(63-35(12)53)36(16-2)43(54)28(5)22-27(4)23-40(60-14)48(56)65-46/h15,17-20,22-23,28-33,36-39,41-47,54-55,58H,16,21,24-25H2,1-14H3,(H2,51,57)/b18-15+,20-17+,26-19+,27-22+,40-23-/t28-,29-,30-,31+,32+,33+,36-,37-,38+,39+,41-,42-,43-,44-,45+,46-,47+,50-/m1/s1. The molecule has 380 valence electrons. The van der Waals surface area contributed by atoms with Crippen molar-refractivity contribution in [3.63, 3.8) is 0 Å². The fourth-order valence-corrected chi connectivity index (χ4v) is 9.62. The van der Waals surface area contributed by atoms with Crippen LogP contribution in [-0.2, 0) is 57.0 Å². The number of primary amides is 1. The maximum absolute atomic E-state index is 14.1. The number of esters is 3. The van der Waals surface area contributed by atoms with E-state index in [-0.39, 0.29) is 36.4 Å². The summed E-state index contributed by atoms with van der Waals surface area (Å²) >= 11 is 0. The van der Waals surface area contributed by atoms with Crippen molar-refractivity contribution >= 4 is 24.0 Å². The lowest BCUT2D eigenvalue weighted by Crippen LogP contribution is -2.59. The summed E-state index contributed by atoms with van der Waals surface area (Å²) in [5.74, 6) is -7.31. The van der Waals surface area contributed by atoms with Crippen LogP contribution >= 0.6 is 0 Å². The summed E-state index contributed by atoms with van der Waals surface area (Å²) in [6.07, 6.45) is 2.09. The highest BCUT2D eigenvalue weighted by Crippen LogP contribution is 2.43. The Kier molecular flexibility index (Phi) is 22.2. The molecule has 0 aromatic heterocycles. The fourth-order valence-electron chi connectivity index (χ4n) is 9.62. The van der Waals surface area contributed by atoms with Crippen molar-refractivity contribution in [3.05, 3.63) is 59.4 Å². The van der Waals surface area contributed by atoms with Gasteiger partial charge in [-0.3, -0.25) is 9.59 Å². The summed E-state index contributed by atoms with van der Waals surface area (Å²) in [5.41, 5.74) is 6.84. The van der Waals surface area contributed by atoms with Gasteiger partial charge in [0.2, 0.25) is 5.76 Å². The molecule has 3 aliphatic rings. The Bertz CT molecular complexity index is 1810. The van der Waals surface area contributed by atoms with Crippen LogP contribution in [-0.4, -0.2) is 127 Å². The van der Waals surface area contributed by atoms with Crippen molar-refractivity contribution in [1.29, 1.82) is 0 Å². The molecule has 1 amide bonds. The summed E-state index contributed by atoms with van der Waals surface area (Å²) in [7, 11) is 2.79. The molecular formula is C50H79NO16. The van der Waals surface area contributed by atoms with Gasteiger partial charge in [0.05, 0.1) is 37.6 Å². The lowest BCUT2D eigenvalue weighted by atomic mass is 9.77. The summed E-state index contributed by atoms with van der Waals surface area (Å²) in [6, 6.07) is 0. The quantitative estimate of drug-likeness (QED) is 0.0923. The fraction of sp³-hybridized carbons (Fsp3) is 0.720. The Morgan fingerprint density at radius 3 is 2.24 bits per heavy atom. The second-order valence-corrected chi connectivity index (χ2v) is 18.7. The number of cyclic esters (lactones) is 1. The third-order valence-corrected chi connectivity index (χ3v) is 13.3. The topological polar surface area (TPSA) is 238 Å². The van der Waals surface area contributed by atoms with E-state index >= 15 is 0 Å². The van der Waals surface area contributed by atoms with Crippen LogP contribution in [0.1, 0.15) is 109 Å². The Morgan fingerprint density at radius 2 is 1.67 bits per heavy atom. The van der Waals surface area contributed by atoms with Crippen molar-refractivity contribution in [2.24, 2.45) is 41.2 Å². The average Bonchev–Trinajstić information content (AvgIpc) is 3.24. The highest BCUT2D eigenvalue weighted by Gasteiger charge is 2.53. The van der Waals surface area contributed by atoms with Crippen LogP contribution in [0.2, 0.25) is 0 Å². The van der Waals surface area contributed by atoms with E-state index in [1.807, 2.05) is 53.7 Å². The number of amides is 1. The number of rotatable bonds is 13. The molecule has 3 heterocycles. The Morgan fingerprint density at radius 1 is 1.01 bits per heavy atom. The molecule has 5 N–H and O–H groups in total. The number of hydrogen-bond donors (Lipinski definition) is 4. The highest BCUT2D eigenvalue weighted by molar-refractivity contribution is 5.87. The monoisotopic (exact) mass is 950 g/mol. The van der Waals surface area contributed by atoms with Gasteiger partial charge in [-0.05, 0) is 52.5 Å². The van der Waals surface area contributed by atoms with Gasteiger partial charge in [-0.25, -0.2) is 9.59 Å². The number of methoxy groups -OCH3 is 2. The third kappa shape index (κ3) is 15.7. The van der Waals surface area contributed by atoms with E-state index in [9.17, 15) is 34.5 Å². The van der Waals surface area contributed by atoms with Gasteiger partial charge < -0.3 is 63.7 Å². The SMILES string of the molecule is C/C=C/[C@H]1O[C@@](O)([C@@H](C)[C@H](O)[C@H](C)[C@H]2OC(=O)/C(OC)=C/C(C)=C/[C@@H](C)[C@@H](O)[C@@H](CC)[C@@H](OC(C)=O)[C@H](C)C/C(C)=C/C=C/[C@@H]2OC)C[C@@H](O[C@@H]2C[C@H](OC(C)=O)[C@@H](OC(N)=O)[C@H](C)O2)[C@@H]1C. The van der Waals surface area contributed by atoms with Gasteiger partial charge >= 0.3 is 24.0 Å². The zero-order valence-electron chi connectivity index (χ0n) is 41.9. The zero-order chi connectivity index (χ0) is 50.5. The smallest absolute Gasteiger partial charge is 0.404 e. The molecule has 0 aromatic carbocycles. The molecule has 67 heavy (non-hydrogen) atoms. The maximum Gasteiger partial charge on any atom is 0.404 e. The molecule has 0 bridgehead atoms. The van der Waals surface area contributed by atoms with Crippen LogP contribution in [0.25, 0.3) is 0 Å². The van der Waals surface area contributed by atoms with Gasteiger partial charge in [0.15, 0.2) is 18.2 Å². The maximum atomic E-state index is 14.1. The highest BCUT2D eigenvalue weighted by atomic mass is 16.7. The predicted molar refractivity (Wildman–Crippen MR) is 247 cm³/mol. The second kappa shape index (κ2) is 26.0. The molecule has 0 spiro atoms. The van der Waals surface area contributed by atoms with Crippen LogP contribution < -0.4 is 5.73 Å². The van der Waals surface area contributed by atoms with Crippen LogP contribution in [0.15, 0.2) is 59.4 Å². The summed E-state index contributed by atoms with van der Waals surface area (Å²) in [4.78, 5) is 50.2. The lowest BCUT2D eigenvalue weighted by Gasteiger charge is -2.50. The molecule has 3 aliphatic heterocycles. The van der Waals surface area contributed by atoms with Crippen LogP contribution in [0.3, 0.4) is 0 Å². The minimum Gasteiger partial charge on any atom is -0.490 e. The molecule has 2 saturated heterocycles. The van der Waals surface area contributed by atoms with Gasteiger partial charge in [0.1, 0.15) is 24.4 Å². The number of carbonyl (C=O) groups excluding carboxylic acids is 4. The van der Waals surface area contributed by atoms with E-state index in [2.05, 4.69) is 0 Å². The van der Waals surface area contributed by atoms with Crippen LogP contribution in [0.5, 0.6) is 0 Å². The van der Waals surface area contributed by atoms with E-state index in [4.69, 9.17) is 48.4 Å². The van der Waals surface area contributed by atoms with Crippen molar-refractivity contribution in [2.45, 2.75) is 182 Å². The van der Waals surface area contributed by atoms with Gasteiger partial charge in [0.25, 0.3) is 0 Å². The number of aliphatic hydroxyl groups excluding tert-OH is 2.